The Hall–Kier alpha value is -3.76. The number of nitro groups is 1. The Balaban J connectivity index is 1.40. The summed E-state index contributed by atoms with van der Waals surface area (Å²) in [6, 6.07) is 6.57. The minimum absolute atomic E-state index is 0.0678. The number of fused-ring (bicyclic) bond motifs is 1. The number of anilines is 2. The third kappa shape index (κ3) is 6.29. The summed E-state index contributed by atoms with van der Waals surface area (Å²) < 4.78 is 1.97. The fraction of sp³-hybridized carbons (Fsp3) is 0.571. The molecule has 3 heterocycles. The molecule has 1 unspecified atom stereocenters. The van der Waals surface area contributed by atoms with Crippen LogP contribution in [0.1, 0.15) is 57.9 Å². The van der Waals surface area contributed by atoms with E-state index < -0.39 is 4.92 Å². The van der Waals surface area contributed by atoms with E-state index in [4.69, 9.17) is 9.97 Å². The Labute approximate surface area is 228 Å². The summed E-state index contributed by atoms with van der Waals surface area (Å²) in [5.74, 6) is 2.43. The van der Waals surface area contributed by atoms with Crippen LogP contribution in [0.5, 0.6) is 0 Å². The van der Waals surface area contributed by atoms with Gasteiger partial charge in [-0.25, -0.2) is 4.98 Å². The summed E-state index contributed by atoms with van der Waals surface area (Å²) in [5.41, 5.74) is 2.43. The van der Waals surface area contributed by atoms with E-state index in [-0.39, 0.29) is 17.5 Å². The van der Waals surface area contributed by atoms with Gasteiger partial charge in [-0.15, -0.1) is 0 Å². The van der Waals surface area contributed by atoms with E-state index in [2.05, 4.69) is 29.0 Å². The molecule has 11 heteroatoms. The number of rotatable bonds is 12. The minimum atomic E-state index is -0.393. The van der Waals surface area contributed by atoms with E-state index in [1.807, 2.05) is 9.47 Å². The Kier molecular flexibility index (Phi) is 8.23. The number of hydrogen-bond donors (Lipinski definition) is 1. The van der Waals surface area contributed by atoms with Crippen molar-refractivity contribution in [2.24, 2.45) is 11.8 Å². The Morgan fingerprint density at radius 1 is 1.13 bits per heavy atom. The lowest BCUT2D eigenvalue weighted by atomic mass is 9.99. The summed E-state index contributed by atoms with van der Waals surface area (Å²) in [5, 5.41) is 14.6. The molecule has 2 aromatic heterocycles. The molecular formula is C28H38N8O3. The van der Waals surface area contributed by atoms with Crippen molar-refractivity contribution in [3.05, 3.63) is 46.3 Å². The highest BCUT2D eigenvalue weighted by Crippen LogP contribution is 2.32. The van der Waals surface area contributed by atoms with Crippen molar-refractivity contribution in [2.45, 2.75) is 58.9 Å². The van der Waals surface area contributed by atoms with Gasteiger partial charge < -0.3 is 19.7 Å². The zero-order chi connectivity index (χ0) is 27.4. The van der Waals surface area contributed by atoms with Crippen LogP contribution in [0, 0.1) is 22.0 Å². The lowest BCUT2D eigenvalue weighted by Gasteiger charge is -2.35. The zero-order valence-electron chi connectivity index (χ0n) is 22.9. The molecule has 1 atom stereocenters. The lowest BCUT2D eigenvalue weighted by molar-refractivity contribution is -0.384. The van der Waals surface area contributed by atoms with Crippen LogP contribution in [0.15, 0.2) is 30.6 Å². The standard InChI is InChI=1S/C28H38N8O3/c1-3-5-6-20(4-2)17-29-25-24-26(35(19-30-24)18-21-7-11-23(12-8-21)36(38)39)32-28(31-25)34-15-13-33(14-16-34)27(37)22-9-10-22/h7-8,11-12,19-20,22H,3-6,9-10,13-18H2,1-2H3,(H,29,31,32). The summed E-state index contributed by atoms with van der Waals surface area (Å²) in [6.45, 7) is 8.48. The second kappa shape index (κ2) is 12.0. The number of carbonyl (C=O) groups is 1. The summed E-state index contributed by atoms with van der Waals surface area (Å²) in [4.78, 5) is 41.9. The number of imidazole rings is 1. The highest BCUT2D eigenvalue weighted by Gasteiger charge is 2.35. The average molecular weight is 535 g/mol. The van der Waals surface area contributed by atoms with Crippen LogP contribution in [0.2, 0.25) is 0 Å². The van der Waals surface area contributed by atoms with Crippen LogP contribution in [0.25, 0.3) is 11.2 Å². The first-order valence-corrected chi connectivity index (χ1v) is 14.2. The van der Waals surface area contributed by atoms with E-state index in [0.29, 0.717) is 50.1 Å². The monoisotopic (exact) mass is 534 g/mol. The Morgan fingerprint density at radius 2 is 1.87 bits per heavy atom. The van der Waals surface area contributed by atoms with E-state index in [0.717, 1.165) is 42.8 Å². The van der Waals surface area contributed by atoms with Crippen molar-refractivity contribution < 1.29 is 9.72 Å². The molecule has 1 aromatic carbocycles. The molecule has 0 spiro atoms. The van der Waals surface area contributed by atoms with Crippen molar-refractivity contribution in [3.8, 4) is 0 Å². The number of nitro benzene ring substituents is 1. The number of piperazine rings is 1. The van der Waals surface area contributed by atoms with Gasteiger partial charge in [-0.05, 0) is 30.7 Å². The third-order valence-electron chi connectivity index (χ3n) is 7.85. The molecule has 0 radical (unpaired) electrons. The van der Waals surface area contributed by atoms with E-state index in [1.165, 1.54) is 31.4 Å². The van der Waals surface area contributed by atoms with Crippen LogP contribution in [0.4, 0.5) is 17.5 Å². The molecule has 39 heavy (non-hydrogen) atoms. The van der Waals surface area contributed by atoms with Crippen molar-refractivity contribution >= 4 is 34.5 Å². The summed E-state index contributed by atoms with van der Waals surface area (Å²) in [6.07, 6.45) is 8.45. The van der Waals surface area contributed by atoms with Gasteiger partial charge in [0.25, 0.3) is 5.69 Å². The Bertz CT molecular complexity index is 1300. The van der Waals surface area contributed by atoms with Crippen LogP contribution in [-0.4, -0.2) is 68.0 Å². The number of carbonyl (C=O) groups excluding carboxylic acids is 1. The maximum absolute atomic E-state index is 12.5. The molecule has 11 nitrogen and oxygen atoms in total. The molecule has 2 aliphatic rings. The second-order valence-corrected chi connectivity index (χ2v) is 10.7. The first-order chi connectivity index (χ1) is 19.0. The summed E-state index contributed by atoms with van der Waals surface area (Å²) >= 11 is 0. The topological polar surface area (TPSA) is 122 Å². The van der Waals surface area contributed by atoms with Gasteiger partial charge in [0.1, 0.15) is 0 Å². The van der Waals surface area contributed by atoms with Crippen molar-refractivity contribution in [1.29, 1.82) is 0 Å². The number of nitrogens with zero attached hydrogens (tertiary/aromatic N) is 7. The molecular weight excluding hydrogens is 496 g/mol. The molecule has 3 aromatic rings. The quantitative estimate of drug-likeness (QED) is 0.267. The molecule has 208 valence electrons. The number of amides is 1. The zero-order valence-corrected chi connectivity index (χ0v) is 22.9. The maximum Gasteiger partial charge on any atom is 0.269 e. The second-order valence-electron chi connectivity index (χ2n) is 10.7. The SMILES string of the molecule is CCCCC(CC)CNc1nc(N2CCN(C(=O)C3CC3)CC2)nc2c1ncn2Cc1ccc([N+](=O)[O-])cc1. The van der Waals surface area contributed by atoms with Crippen LogP contribution in [-0.2, 0) is 11.3 Å². The fourth-order valence-corrected chi connectivity index (χ4v) is 5.13. The van der Waals surface area contributed by atoms with Crippen molar-refractivity contribution in [3.63, 3.8) is 0 Å². The van der Waals surface area contributed by atoms with E-state index in [9.17, 15) is 14.9 Å². The molecule has 1 amide bonds. The molecule has 5 rings (SSSR count). The molecule has 1 saturated heterocycles. The van der Waals surface area contributed by atoms with Gasteiger partial charge in [0, 0.05) is 50.8 Å². The maximum atomic E-state index is 12.5. The highest BCUT2D eigenvalue weighted by atomic mass is 16.6. The highest BCUT2D eigenvalue weighted by molar-refractivity contribution is 5.84. The number of unbranched alkanes of at least 4 members (excludes halogenated alkanes) is 1. The third-order valence-corrected chi connectivity index (χ3v) is 7.85. The van der Waals surface area contributed by atoms with Gasteiger partial charge >= 0.3 is 0 Å². The average Bonchev–Trinajstić information content (AvgIpc) is 3.74. The van der Waals surface area contributed by atoms with Gasteiger partial charge in [-0.1, -0.05) is 45.2 Å². The fourth-order valence-electron chi connectivity index (χ4n) is 5.13. The van der Waals surface area contributed by atoms with Gasteiger partial charge in [0.05, 0.1) is 17.8 Å². The largest absolute Gasteiger partial charge is 0.368 e. The molecule has 1 aliphatic heterocycles. The number of non-ortho nitro benzene ring substituents is 1. The number of benzene rings is 1. The molecule has 1 saturated carbocycles. The normalized spacial score (nSPS) is 16.5. The molecule has 1 aliphatic carbocycles. The first-order valence-electron chi connectivity index (χ1n) is 14.2. The molecule has 0 bridgehead atoms. The van der Waals surface area contributed by atoms with Gasteiger partial charge in [-0.2, -0.15) is 9.97 Å². The van der Waals surface area contributed by atoms with Gasteiger partial charge in [0.2, 0.25) is 11.9 Å². The molecule has 2 fully saturated rings. The number of nitrogens with one attached hydrogen (secondary N) is 1. The van der Waals surface area contributed by atoms with Crippen LogP contribution in [0.3, 0.4) is 0 Å². The van der Waals surface area contributed by atoms with E-state index >= 15 is 0 Å². The lowest BCUT2D eigenvalue weighted by Crippen LogP contribution is -2.49. The smallest absolute Gasteiger partial charge is 0.269 e. The minimum Gasteiger partial charge on any atom is -0.368 e. The van der Waals surface area contributed by atoms with Gasteiger partial charge in [0.15, 0.2) is 17.0 Å². The summed E-state index contributed by atoms with van der Waals surface area (Å²) in [7, 11) is 0. The van der Waals surface area contributed by atoms with Crippen molar-refractivity contribution in [2.75, 3.05) is 42.9 Å². The van der Waals surface area contributed by atoms with Crippen LogP contribution >= 0.6 is 0 Å². The predicted octanol–water partition coefficient (Wildman–Crippen LogP) is 4.47. The van der Waals surface area contributed by atoms with Crippen molar-refractivity contribution in [1.82, 2.24) is 24.4 Å². The van der Waals surface area contributed by atoms with Crippen LogP contribution < -0.4 is 10.2 Å². The predicted molar refractivity (Wildman–Crippen MR) is 151 cm³/mol. The Morgan fingerprint density at radius 3 is 2.51 bits per heavy atom. The molecule has 1 N–H and O–H groups in total. The number of hydrogen-bond acceptors (Lipinski definition) is 8. The van der Waals surface area contributed by atoms with Gasteiger partial charge in [-0.3, -0.25) is 14.9 Å². The first kappa shape index (κ1) is 26.8. The number of aromatic nitrogens is 4. The van der Waals surface area contributed by atoms with E-state index in [1.54, 1.807) is 18.5 Å².